The largest absolute Gasteiger partial charge is 0.404 e. The zero-order valence-corrected chi connectivity index (χ0v) is 13.0. The van der Waals surface area contributed by atoms with E-state index in [0.717, 1.165) is 0 Å². The first-order valence-corrected chi connectivity index (χ1v) is 7.55. The van der Waals surface area contributed by atoms with Crippen molar-refractivity contribution in [3.8, 4) is 0 Å². The van der Waals surface area contributed by atoms with Crippen LogP contribution in [0.25, 0.3) is 0 Å². The van der Waals surface area contributed by atoms with Crippen LogP contribution in [-0.4, -0.2) is 33.6 Å². The number of carbonyl (C=O) groups is 4. The molecule has 126 valence electrons. The van der Waals surface area contributed by atoms with Crippen LogP contribution in [0.3, 0.4) is 0 Å². The molecule has 25 heavy (non-hydrogen) atoms. The van der Waals surface area contributed by atoms with Crippen molar-refractivity contribution in [2.75, 3.05) is 0 Å². The van der Waals surface area contributed by atoms with Crippen molar-refractivity contribution >= 4 is 23.6 Å². The van der Waals surface area contributed by atoms with Crippen LogP contribution in [0.15, 0.2) is 54.6 Å². The lowest BCUT2D eigenvalue weighted by Gasteiger charge is -2.16. The molecule has 1 N–H and O–H groups in total. The van der Waals surface area contributed by atoms with Gasteiger partial charge in [0.05, 0.1) is 18.4 Å². The summed E-state index contributed by atoms with van der Waals surface area (Å²) in [6.45, 7) is 0. The molecular weight excluding hydrogens is 326 g/mol. The summed E-state index contributed by atoms with van der Waals surface area (Å²) >= 11 is 0. The Morgan fingerprint density at radius 3 is 1.96 bits per heavy atom. The molecule has 2 amide bonds. The van der Waals surface area contributed by atoms with E-state index in [9.17, 15) is 24.4 Å². The van der Waals surface area contributed by atoms with Crippen molar-refractivity contribution in [3.63, 3.8) is 0 Å². The zero-order chi connectivity index (χ0) is 18.0. The van der Waals surface area contributed by atoms with E-state index in [0.29, 0.717) is 5.56 Å². The number of hydrogen-bond acceptors (Lipinski definition) is 6. The second-order valence-electron chi connectivity index (χ2n) is 5.48. The number of quaternary nitrogens is 1. The number of amides is 2. The van der Waals surface area contributed by atoms with Crippen molar-refractivity contribution in [1.82, 2.24) is 0 Å². The van der Waals surface area contributed by atoms with Crippen LogP contribution >= 0.6 is 0 Å². The highest BCUT2D eigenvalue weighted by molar-refractivity contribution is 6.14. The van der Waals surface area contributed by atoms with Gasteiger partial charge in [-0.2, -0.15) is 5.21 Å². The third kappa shape index (κ3) is 2.98. The van der Waals surface area contributed by atoms with Gasteiger partial charge in [0, 0.05) is 11.1 Å². The molecule has 0 radical (unpaired) electrons. The fourth-order valence-electron chi connectivity index (χ4n) is 2.53. The maximum absolute atomic E-state index is 12.6. The van der Waals surface area contributed by atoms with Crippen LogP contribution in [0.5, 0.6) is 0 Å². The predicted octanol–water partition coefficient (Wildman–Crippen LogP) is 2.04. The van der Waals surface area contributed by atoms with Crippen LogP contribution in [-0.2, 0) is 14.4 Å². The van der Waals surface area contributed by atoms with E-state index in [1.807, 2.05) is 0 Å². The number of hydroxylamine groups is 4. The van der Waals surface area contributed by atoms with Crippen molar-refractivity contribution in [2.45, 2.75) is 12.8 Å². The molecule has 1 aliphatic heterocycles. The third-order valence-corrected chi connectivity index (χ3v) is 3.87. The van der Waals surface area contributed by atoms with Crippen LogP contribution < -0.4 is 0 Å². The van der Waals surface area contributed by atoms with Gasteiger partial charge < -0.3 is 0 Å². The zero-order valence-electron chi connectivity index (χ0n) is 13.0. The Morgan fingerprint density at radius 2 is 1.36 bits per heavy atom. The summed E-state index contributed by atoms with van der Waals surface area (Å²) in [7, 11) is 0. The summed E-state index contributed by atoms with van der Waals surface area (Å²) in [4.78, 5) is 51.1. The second-order valence-corrected chi connectivity index (χ2v) is 5.48. The molecular formula is C18H14NO6+. The van der Waals surface area contributed by atoms with E-state index in [2.05, 4.69) is 0 Å². The predicted molar refractivity (Wildman–Crippen MR) is 83.0 cm³/mol. The smallest absolute Gasteiger partial charge is 0.289 e. The Labute approximate surface area is 142 Å². The highest BCUT2D eigenvalue weighted by atomic mass is 17.0. The number of imide groups is 1. The summed E-state index contributed by atoms with van der Waals surface area (Å²) in [5.41, 5.74) is 0.267. The summed E-state index contributed by atoms with van der Waals surface area (Å²) < 4.78 is 0. The second kappa shape index (κ2) is 6.39. The molecule has 0 spiro atoms. The van der Waals surface area contributed by atoms with Crippen molar-refractivity contribution in [1.29, 1.82) is 0 Å². The Balaban J connectivity index is 1.93. The normalized spacial score (nSPS) is 15.9. The molecule has 7 nitrogen and oxygen atoms in total. The van der Waals surface area contributed by atoms with Gasteiger partial charge in [-0.05, 0) is 6.07 Å². The van der Waals surface area contributed by atoms with E-state index in [4.69, 9.17) is 4.84 Å². The molecule has 0 saturated carbocycles. The molecule has 7 heteroatoms. The number of benzene rings is 2. The van der Waals surface area contributed by atoms with Crippen LogP contribution in [0.4, 0.5) is 0 Å². The number of nitrogens with zero attached hydrogens (tertiary/aromatic N) is 1. The molecule has 0 unspecified atom stereocenters. The standard InChI is InChI=1S/C18H14NO6/c20-15-10-11-16(21)19(15,24)25-18(23)14-9-5-4-8-13(14)17(22)12-6-2-1-3-7-12/h1-9,24H,10-11H2/q+1. The monoisotopic (exact) mass is 340 g/mol. The first kappa shape index (κ1) is 16.7. The van der Waals surface area contributed by atoms with Crippen molar-refractivity contribution in [2.24, 2.45) is 0 Å². The van der Waals surface area contributed by atoms with E-state index in [1.165, 1.54) is 18.2 Å². The topological polar surface area (TPSA) is 97.7 Å². The van der Waals surface area contributed by atoms with E-state index in [1.54, 1.807) is 36.4 Å². The summed E-state index contributed by atoms with van der Waals surface area (Å²) in [5.74, 6) is -3.40. The molecule has 0 aromatic heterocycles. The maximum Gasteiger partial charge on any atom is 0.404 e. The van der Waals surface area contributed by atoms with Crippen LogP contribution in [0, 0.1) is 0 Å². The minimum absolute atomic E-state index is 0.0457. The molecule has 0 atom stereocenters. The van der Waals surface area contributed by atoms with E-state index < -0.39 is 28.4 Å². The molecule has 1 heterocycles. The van der Waals surface area contributed by atoms with Crippen LogP contribution in [0.1, 0.15) is 39.1 Å². The third-order valence-electron chi connectivity index (χ3n) is 3.87. The first-order chi connectivity index (χ1) is 11.9. The summed E-state index contributed by atoms with van der Waals surface area (Å²) in [6, 6.07) is 14.2. The van der Waals surface area contributed by atoms with E-state index in [-0.39, 0.29) is 24.0 Å². The van der Waals surface area contributed by atoms with Crippen molar-refractivity contribution < 1.29 is 34.0 Å². The molecule has 0 bridgehead atoms. The van der Waals surface area contributed by atoms with E-state index >= 15 is 0 Å². The number of rotatable bonds is 4. The lowest BCUT2D eigenvalue weighted by atomic mass is 9.98. The van der Waals surface area contributed by atoms with Gasteiger partial charge in [-0.3, -0.25) is 4.79 Å². The van der Waals surface area contributed by atoms with Gasteiger partial charge >= 0.3 is 17.8 Å². The number of hydrogen-bond donors (Lipinski definition) is 1. The molecule has 1 saturated heterocycles. The van der Waals surface area contributed by atoms with Crippen LogP contribution in [0.2, 0.25) is 0 Å². The number of carbonyl (C=O) groups excluding carboxylic acids is 4. The highest BCUT2D eigenvalue weighted by Gasteiger charge is 2.55. The lowest BCUT2D eigenvalue weighted by molar-refractivity contribution is -1.12. The molecule has 1 fully saturated rings. The van der Waals surface area contributed by atoms with Gasteiger partial charge in [-0.1, -0.05) is 48.5 Å². The minimum Gasteiger partial charge on any atom is -0.289 e. The minimum atomic E-state index is -2.02. The van der Waals surface area contributed by atoms with Gasteiger partial charge in [-0.15, -0.1) is 0 Å². The highest BCUT2D eigenvalue weighted by Crippen LogP contribution is 2.23. The van der Waals surface area contributed by atoms with Gasteiger partial charge in [0.2, 0.25) is 0 Å². The molecule has 2 aromatic carbocycles. The molecule has 0 aliphatic carbocycles. The Hall–Kier alpha value is -3.16. The quantitative estimate of drug-likeness (QED) is 0.396. The molecule has 2 aromatic rings. The fraction of sp³-hybridized carbons (Fsp3) is 0.111. The summed E-state index contributed by atoms with van der Waals surface area (Å²) in [5, 5.41) is 10.0. The van der Waals surface area contributed by atoms with Crippen molar-refractivity contribution in [3.05, 3.63) is 71.3 Å². The van der Waals surface area contributed by atoms with Gasteiger partial charge in [-0.25, -0.2) is 19.2 Å². The lowest BCUT2D eigenvalue weighted by Crippen LogP contribution is -2.50. The van der Waals surface area contributed by atoms with Gasteiger partial charge in [0.25, 0.3) is 0 Å². The average molecular weight is 340 g/mol. The van der Waals surface area contributed by atoms with Gasteiger partial charge in [0.1, 0.15) is 4.81 Å². The maximum atomic E-state index is 12.6. The fourth-order valence-corrected chi connectivity index (χ4v) is 2.53. The summed E-state index contributed by atoms with van der Waals surface area (Å²) in [6.07, 6.45) is -0.430. The molecule has 1 aliphatic rings. The Morgan fingerprint density at radius 1 is 0.840 bits per heavy atom. The Kier molecular flexibility index (Phi) is 4.26. The van der Waals surface area contributed by atoms with Gasteiger partial charge in [0.15, 0.2) is 5.78 Å². The number of ketones is 1. The molecule has 3 rings (SSSR count). The average Bonchev–Trinajstić information content (AvgIpc) is 2.89. The SMILES string of the molecule is O=C(O[N+]1(O)C(=O)CCC1=O)c1ccccc1C(=O)c1ccccc1. The Bertz CT molecular complexity index is 858. The first-order valence-electron chi connectivity index (χ1n) is 7.55.